The molecule has 0 saturated heterocycles. The molecule has 0 aliphatic rings. The van der Waals surface area contributed by atoms with E-state index in [2.05, 4.69) is 5.32 Å². The average Bonchev–Trinajstić information content (AvgIpc) is 2.26. The number of halogens is 2. The number of nitrogens with one attached hydrogen (secondary N) is 1. The number of benzene rings is 1. The molecular weight excluding hydrogens is 233 g/mol. The lowest BCUT2D eigenvalue weighted by Gasteiger charge is -2.23. The number of rotatable bonds is 5. The fourth-order valence-electron chi connectivity index (χ4n) is 1.43. The Hall–Kier alpha value is -0.840. The Labute approximate surface area is 99.5 Å². The molecule has 1 atom stereocenters. The third kappa shape index (κ3) is 3.07. The lowest BCUT2D eigenvalue weighted by Crippen LogP contribution is -2.34. The summed E-state index contributed by atoms with van der Waals surface area (Å²) in [5, 5.41) is 3.03. The summed E-state index contributed by atoms with van der Waals surface area (Å²) in [6.45, 7) is 1.83. The van der Waals surface area contributed by atoms with Gasteiger partial charge in [-0.25, -0.2) is 4.39 Å². The second kappa shape index (κ2) is 6.03. The summed E-state index contributed by atoms with van der Waals surface area (Å²) in [5.74, 6) is -0.470. The minimum atomic E-state index is -0.470. The van der Waals surface area contributed by atoms with E-state index >= 15 is 0 Å². The molecule has 0 radical (unpaired) electrons. The van der Waals surface area contributed by atoms with Crippen LogP contribution in [0.15, 0.2) is 18.2 Å². The number of hydrogen-bond donors (Lipinski definition) is 1. The van der Waals surface area contributed by atoms with Crippen molar-refractivity contribution in [3.63, 3.8) is 0 Å². The SMILES string of the molecule is COC(OC)C(C)Nc1cccc(Cl)c1F. The Kier molecular flexibility index (Phi) is 4.99. The number of ether oxygens (including phenoxy) is 2. The van der Waals surface area contributed by atoms with Gasteiger partial charge in [-0.15, -0.1) is 0 Å². The molecule has 0 spiro atoms. The Balaban J connectivity index is 2.76. The largest absolute Gasteiger partial charge is 0.375 e. The Morgan fingerprint density at radius 1 is 1.31 bits per heavy atom. The molecule has 0 aliphatic carbocycles. The molecule has 0 bridgehead atoms. The van der Waals surface area contributed by atoms with E-state index in [1.54, 1.807) is 12.1 Å². The summed E-state index contributed by atoms with van der Waals surface area (Å²) in [4.78, 5) is 0. The standard InChI is InChI=1S/C11H15ClFNO2/c1-7(11(15-2)16-3)14-9-6-4-5-8(12)10(9)13/h4-7,11,14H,1-3H3. The van der Waals surface area contributed by atoms with Gasteiger partial charge in [0.15, 0.2) is 12.1 Å². The molecule has 1 rings (SSSR count). The first-order chi connectivity index (χ1) is 7.60. The molecular formula is C11H15ClFNO2. The van der Waals surface area contributed by atoms with Crippen LogP contribution < -0.4 is 5.32 Å². The van der Waals surface area contributed by atoms with E-state index in [1.807, 2.05) is 6.92 Å². The van der Waals surface area contributed by atoms with Gasteiger partial charge in [0.2, 0.25) is 0 Å². The summed E-state index contributed by atoms with van der Waals surface area (Å²) >= 11 is 5.67. The summed E-state index contributed by atoms with van der Waals surface area (Å²) < 4.78 is 23.7. The minimum absolute atomic E-state index is 0.0867. The van der Waals surface area contributed by atoms with Crippen LogP contribution in [0.4, 0.5) is 10.1 Å². The second-order valence-corrected chi connectivity index (χ2v) is 3.78. The molecule has 5 heteroatoms. The highest BCUT2D eigenvalue weighted by molar-refractivity contribution is 6.31. The molecule has 1 N–H and O–H groups in total. The van der Waals surface area contributed by atoms with Gasteiger partial charge in [-0.1, -0.05) is 17.7 Å². The van der Waals surface area contributed by atoms with Crippen molar-refractivity contribution in [2.45, 2.75) is 19.3 Å². The zero-order chi connectivity index (χ0) is 12.1. The van der Waals surface area contributed by atoms with Gasteiger partial charge < -0.3 is 14.8 Å². The fraction of sp³-hybridized carbons (Fsp3) is 0.455. The highest BCUT2D eigenvalue weighted by Crippen LogP contribution is 2.23. The van der Waals surface area contributed by atoms with Crippen LogP contribution in [0.25, 0.3) is 0 Å². The fourth-order valence-corrected chi connectivity index (χ4v) is 1.61. The van der Waals surface area contributed by atoms with Crippen LogP contribution in [0.1, 0.15) is 6.92 Å². The number of methoxy groups -OCH3 is 2. The van der Waals surface area contributed by atoms with Crippen LogP contribution in [0.3, 0.4) is 0 Å². The first-order valence-electron chi connectivity index (χ1n) is 4.86. The van der Waals surface area contributed by atoms with Gasteiger partial charge in [0.05, 0.1) is 16.8 Å². The van der Waals surface area contributed by atoms with E-state index in [9.17, 15) is 4.39 Å². The first kappa shape index (κ1) is 13.2. The van der Waals surface area contributed by atoms with E-state index < -0.39 is 12.1 Å². The average molecular weight is 248 g/mol. The lowest BCUT2D eigenvalue weighted by molar-refractivity contribution is -0.109. The Morgan fingerprint density at radius 2 is 1.94 bits per heavy atom. The molecule has 0 saturated carbocycles. The van der Waals surface area contributed by atoms with E-state index in [4.69, 9.17) is 21.1 Å². The maximum atomic E-state index is 13.6. The summed E-state index contributed by atoms with van der Waals surface area (Å²) in [6, 6.07) is 4.59. The van der Waals surface area contributed by atoms with E-state index in [1.165, 1.54) is 20.3 Å². The van der Waals surface area contributed by atoms with Gasteiger partial charge in [-0.05, 0) is 19.1 Å². The third-order valence-electron chi connectivity index (χ3n) is 2.21. The Morgan fingerprint density at radius 3 is 2.50 bits per heavy atom. The molecule has 16 heavy (non-hydrogen) atoms. The van der Waals surface area contributed by atoms with Gasteiger partial charge in [0.25, 0.3) is 0 Å². The molecule has 0 aromatic heterocycles. The van der Waals surface area contributed by atoms with Gasteiger partial charge in [-0.3, -0.25) is 0 Å². The van der Waals surface area contributed by atoms with Crippen LogP contribution in [0, 0.1) is 5.82 Å². The molecule has 1 aromatic rings. The molecule has 1 aromatic carbocycles. The molecule has 90 valence electrons. The van der Waals surface area contributed by atoms with Gasteiger partial charge in [0, 0.05) is 14.2 Å². The normalized spacial score (nSPS) is 12.9. The smallest absolute Gasteiger partial charge is 0.176 e. The van der Waals surface area contributed by atoms with Crippen molar-refractivity contribution < 1.29 is 13.9 Å². The van der Waals surface area contributed by atoms with E-state index in [0.29, 0.717) is 5.69 Å². The van der Waals surface area contributed by atoms with Crippen molar-refractivity contribution >= 4 is 17.3 Å². The second-order valence-electron chi connectivity index (χ2n) is 3.37. The molecule has 1 unspecified atom stereocenters. The van der Waals surface area contributed by atoms with Gasteiger partial charge >= 0.3 is 0 Å². The minimum Gasteiger partial charge on any atom is -0.375 e. The molecule has 0 fully saturated rings. The molecule has 0 aliphatic heterocycles. The lowest BCUT2D eigenvalue weighted by atomic mass is 10.2. The number of hydrogen-bond acceptors (Lipinski definition) is 3. The van der Waals surface area contributed by atoms with E-state index in [-0.39, 0.29) is 11.1 Å². The molecule has 0 heterocycles. The summed E-state index contributed by atoms with van der Waals surface area (Å²) in [7, 11) is 3.06. The van der Waals surface area contributed by atoms with Crippen LogP contribution in [0.2, 0.25) is 5.02 Å². The quantitative estimate of drug-likeness (QED) is 0.812. The van der Waals surface area contributed by atoms with Crippen molar-refractivity contribution in [1.29, 1.82) is 0 Å². The van der Waals surface area contributed by atoms with Crippen LogP contribution in [-0.2, 0) is 9.47 Å². The Bertz CT molecular complexity index is 345. The highest BCUT2D eigenvalue weighted by Gasteiger charge is 2.17. The van der Waals surface area contributed by atoms with Gasteiger partial charge in [0.1, 0.15) is 0 Å². The zero-order valence-corrected chi connectivity index (χ0v) is 10.2. The highest BCUT2D eigenvalue weighted by atomic mass is 35.5. The van der Waals surface area contributed by atoms with Crippen molar-refractivity contribution in [3.8, 4) is 0 Å². The zero-order valence-electron chi connectivity index (χ0n) is 9.46. The van der Waals surface area contributed by atoms with Crippen LogP contribution in [0.5, 0.6) is 0 Å². The molecule has 3 nitrogen and oxygen atoms in total. The van der Waals surface area contributed by atoms with E-state index in [0.717, 1.165) is 0 Å². The summed E-state index contributed by atoms with van der Waals surface area (Å²) in [5.41, 5.74) is 0.333. The van der Waals surface area contributed by atoms with Crippen molar-refractivity contribution in [2.24, 2.45) is 0 Å². The predicted octanol–water partition coefficient (Wildman–Crippen LogP) is 2.90. The molecule has 0 amide bonds. The third-order valence-corrected chi connectivity index (χ3v) is 2.50. The van der Waals surface area contributed by atoms with Crippen LogP contribution in [-0.4, -0.2) is 26.6 Å². The number of anilines is 1. The first-order valence-corrected chi connectivity index (χ1v) is 5.24. The maximum absolute atomic E-state index is 13.6. The topological polar surface area (TPSA) is 30.5 Å². The van der Waals surface area contributed by atoms with Crippen molar-refractivity contribution in [3.05, 3.63) is 29.0 Å². The predicted molar refractivity (Wildman–Crippen MR) is 62.3 cm³/mol. The van der Waals surface area contributed by atoms with Crippen LogP contribution >= 0.6 is 11.6 Å². The summed E-state index contributed by atoms with van der Waals surface area (Å²) in [6.07, 6.45) is -0.446. The van der Waals surface area contributed by atoms with Crippen molar-refractivity contribution in [1.82, 2.24) is 0 Å². The monoisotopic (exact) mass is 247 g/mol. The van der Waals surface area contributed by atoms with Crippen molar-refractivity contribution in [2.75, 3.05) is 19.5 Å². The maximum Gasteiger partial charge on any atom is 0.176 e. The van der Waals surface area contributed by atoms with Gasteiger partial charge in [-0.2, -0.15) is 0 Å².